The van der Waals surface area contributed by atoms with Gasteiger partial charge in [0.05, 0.1) is 26.1 Å². The third kappa shape index (κ3) is 8.54. The first-order valence-electron chi connectivity index (χ1n) is 24.0. The van der Waals surface area contributed by atoms with Crippen molar-refractivity contribution in [3.63, 3.8) is 0 Å². The zero-order valence-electron chi connectivity index (χ0n) is 44.8. The molecule has 11 heteroatoms. The zero-order chi connectivity index (χ0) is 51.2. The average molecular weight is 700 g/mol. The van der Waals surface area contributed by atoms with Crippen LogP contribution in [-0.2, 0) is 42.6 Å². The fourth-order valence-electron chi connectivity index (χ4n) is 4.59. The van der Waals surface area contributed by atoms with Gasteiger partial charge in [-0.15, -0.1) is 0 Å². The molecule has 1 aromatic heterocycles. The van der Waals surface area contributed by atoms with E-state index in [-0.39, 0.29) is 60.3 Å². The lowest BCUT2D eigenvalue weighted by molar-refractivity contribution is -0.138. The molecule has 5 rings (SSSR count). The van der Waals surface area contributed by atoms with Gasteiger partial charge in [0.2, 0.25) is 5.91 Å². The van der Waals surface area contributed by atoms with Gasteiger partial charge >= 0.3 is 6.18 Å². The minimum Gasteiger partial charge on any atom is -0.336 e. The number of rotatable bonds is 13. The largest absolute Gasteiger partial charge is 0.416 e. The minimum atomic E-state index is -5.21. The van der Waals surface area contributed by atoms with E-state index in [0.717, 1.165) is 11.8 Å². The van der Waals surface area contributed by atoms with Crippen LogP contribution in [0.2, 0.25) is 0 Å². The topological polar surface area (TPSA) is 58.4 Å². The van der Waals surface area contributed by atoms with E-state index in [4.69, 9.17) is 20.6 Å². The lowest BCUT2D eigenvalue weighted by Gasteiger charge is -2.28. The Kier molecular flexibility index (Phi) is 5.86. The number of fused-ring (bicyclic) bond motifs is 1. The number of hydrogen-bond acceptors (Lipinski definition) is 5. The molecule has 0 radical (unpaired) electrons. The van der Waals surface area contributed by atoms with Crippen LogP contribution in [0.25, 0.3) is 11.1 Å². The fourth-order valence-corrected chi connectivity index (χ4v) is 5.26. The Morgan fingerprint density at radius 2 is 1.65 bits per heavy atom. The molecule has 0 saturated carbocycles. The summed E-state index contributed by atoms with van der Waals surface area (Å²) in [6, 6.07) is -13.4. The summed E-state index contributed by atoms with van der Waals surface area (Å²) in [5.74, 6) is -3.66. The summed E-state index contributed by atoms with van der Waals surface area (Å²) in [6.07, 6.45) is -5.32. The number of halogens is 4. The number of amides is 1. The maximum atomic E-state index is 15.1. The Morgan fingerprint density at radius 1 is 0.979 bits per heavy atom. The Morgan fingerprint density at radius 3 is 2.31 bits per heavy atom. The maximum Gasteiger partial charge on any atom is 0.416 e. The zero-order valence-corrected chi connectivity index (χ0v) is 26.6. The van der Waals surface area contributed by atoms with Gasteiger partial charge in [-0.25, -0.2) is 4.39 Å². The van der Waals surface area contributed by atoms with Crippen LogP contribution in [0.3, 0.4) is 0 Å². The molecule has 48 heavy (non-hydrogen) atoms. The molecule has 6 nitrogen and oxygen atoms in total. The molecule has 0 spiro atoms. The SMILES string of the molecule is [2H]c1c([2H])c(C([2H])([2H])Sc2nc(=O)c3c(n2C([2H])([2H])C(=O)N(Cc2c([2H])c([2H])c(-c4c([2H])c([2H])c(C(F)(F)F)c(C)c4[2H])c([2H])c2[2H])C([2H])([2H])C([2H])([2H])N(CC)CC)CCC3)c([2H])c([2H])c1F. The van der Waals surface area contributed by atoms with Gasteiger partial charge in [-0.2, -0.15) is 18.2 Å². The molecule has 1 aliphatic carbocycles. The number of thioether (sulfide) groups is 1. The van der Waals surface area contributed by atoms with Crippen molar-refractivity contribution in [2.45, 2.75) is 70.1 Å². The van der Waals surface area contributed by atoms with Gasteiger partial charge in [0, 0.05) is 42.0 Å². The summed E-state index contributed by atoms with van der Waals surface area (Å²) in [7, 11) is 0. The van der Waals surface area contributed by atoms with Crippen LogP contribution in [0, 0.1) is 12.7 Å². The average Bonchev–Trinajstić information content (AvgIpc) is 3.71. The van der Waals surface area contributed by atoms with E-state index in [1.54, 1.807) is 0 Å². The molecule has 4 aromatic rings. The first-order valence-corrected chi connectivity index (χ1v) is 15.4. The fraction of sp³-hybridized carbons (Fsp3) is 0.378. The molecule has 1 amide bonds. The van der Waals surface area contributed by atoms with Crippen LogP contribution in [0.4, 0.5) is 17.6 Å². The molecule has 0 bridgehead atoms. The molecule has 254 valence electrons. The van der Waals surface area contributed by atoms with Crippen LogP contribution in [0.5, 0.6) is 0 Å². The highest BCUT2D eigenvalue weighted by Crippen LogP contribution is 2.34. The number of carbonyl (C=O) groups excluding carboxylic acids is 1. The monoisotopic (exact) mass is 699 g/mol. The van der Waals surface area contributed by atoms with Crippen molar-refractivity contribution in [1.29, 1.82) is 0 Å². The van der Waals surface area contributed by atoms with E-state index in [1.165, 1.54) is 13.8 Å². The predicted octanol–water partition coefficient (Wildman–Crippen LogP) is 7.53. The van der Waals surface area contributed by atoms with Gasteiger partial charge < -0.3 is 14.4 Å². The smallest absolute Gasteiger partial charge is 0.336 e. The van der Waals surface area contributed by atoms with Crippen LogP contribution < -0.4 is 5.56 Å². The number of carbonyl (C=O) groups is 1. The molecular weight excluding hydrogens is 640 g/mol. The van der Waals surface area contributed by atoms with Gasteiger partial charge in [-0.3, -0.25) is 9.59 Å². The molecule has 0 atom stereocenters. The number of likely N-dealkylation sites (N-methyl/N-ethyl adjacent to an activating group) is 1. The molecule has 3 aromatic carbocycles. The van der Waals surface area contributed by atoms with Crippen molar-refractivity contribution < 1.29 is 48.4 Å². The number of nitrogens with zero attached hydrogens (tertiary/aromatic N) is 4. The van der Waals surface area contributed by atoms with E-state index < -0.39 is 160 Å². The summed E-state index contributed by atoms with van der Waals surface area (Å²) in [6.45, 7) is -9.12. The third-order valence-corrected chi connectivity index (χ3v) is 7.79. The molecule has 0 aliphatic heterocycles. The summed E-state index contributed by atoms with van der Waals surface area (Å²) < 4.78 is 222. The Balaban J connectivity index is 1.79. The standard InChI is InChI=1S/C37H40F4N4O2S/c1-4-43(5-2)19-20-44(22-26-9-13-28(14-10-26)29-15-18-32(25(3)21-29)37(39,40)41)34(46)23-45-33-8-6-7-31(33)35(47)42-36(45)48-24-27-11-16-30(38)17-12-27/h9-18,21H,4-8,19-20,22-24H2,1-3H3/i9D,10D,11D,12D,13D,14D,15D,16D,17D,18D,19D2,20D2,21D,23D2,24D2. The Labute approximate surface area is 309 Å². The number of benzene rings is 3. The van der Waals surface area contributed by atoms with Crippen LogP contribution in [0.15, 0.2) is 76.4 Å². The van der Waals surface area contributed by atoms with E-state index in [0.29, 0.717) is 4.57 Å². The normalized spacial score (nSPS) is 19.7. The second kappa shape index (κ2) is 15.5. The lowest BCUT2D eigenvalue weighted by atomic mass is 9.98. The first kappa shape index (κ1) is 18.2. The van der Waals surface area contributed by atoms with Crippen LogP contribution >= 0.6 is 11.8 Å². The van der Waals surface area contributed by atoms with Gasteiger partial charge in [0.1, 0.15) is 12.3 Å². The number of alkyl halides is 3. The highest BCUT2D eigenvalue weighted by Gasteiger charge is 2.32. The van der Waals surface area contributed by atoms with Gasteiger partial charge in [-0.05, 0) is 85.2 Å². The number of hydrogen-bond donors (Lipinski definition) is 0. The Hall–Kier alpha value is -3.96. The van der Waals surface area contributed by atoms with Crippen molar-refractivity contribution >= 4 is 17.7 Å². The van der Waals surface area contributed by atoms with Gasteiger partial charge in [0.15, 0.2) is 5.16 Å². The molecule has 0 saturated heterocycles. The van der Waals surface area contributed by atoms with E-state index in [9.17, 15) is 27.8 Å². The van der Waals surface area contributed by atoms with Crippen molar-refractivity contribution in [1.82, 2.24) is 19.4 Å². The van der Waals surface area contributed by atoms with Crippen LogP contribution in [0.1, 0.15) is 79.8 Å². The summed E-state index contributed by atoms with van der Waals surface area (Å²) >= 11 is -0.189. The second-order valence-corrected chi connectivity index (χ2v) is 11.0. The van der Waals surface area contributed by atoms with Gasteiger partial charge in [0.25, 0.3) is 5.56 Å². The molecule has 1 aliphatic rings. The van der Waals surface area contributed by atoms with E-state index in [1.807, 2.05) is 0 Å². The summed E-state index contributed by atoms with van der Waals surface area (Å²) in [5, 5.41) is -0.992. The summed E-state index contributed by atoms with van der Waals surface area (Å²) in [4.78, 5) is 33.1. The first-order chi connectivity index (χ1) is 30.6. The van der Waals surface area contributed by atoms with Crippen molar-refractivity contribution in [2.24, 2.45) is 0 Å². The van der Waals surface area contributed by atoms with E-state index in [2.05, 4.69) is 4.98 Å². The quantitative estimate of drug-likeness (QED) is 0.0821. The van der Waals surface area contributed by atoms with E-state index >= 15 is 4.79 Å². The van der Waals surface area contributed by atoms with Crippen molar-refractivity contribution in [3.05, 3.63) is 116 Å². The van der Waals surface area contributed by atoms with Crippen LogP contribution in [-0.4, -0.2) is 51.3 Å². The van der Waals surface area contributed by atoms with Crippen molar-refractivity contribution in [3.8, 4) is 11.1 Å². The molecule has 1 heterocycles. The molecule has 0 N–H and O–H groups in total. The molecular formula is C37H40F4N4O2S. The molecule has 0 unspecified atom stereocenters. The number of aromatic nitrogens is 2. The predicted molar refractivity (Wildman–Crippen MR) is 181 cm³/mol. The second-order valence-electron chi connectivity index (χ2n) is 10.2. The Bertz CT molecular complexity index is 2680. The maximum absolute atomic E-state index is 15.1. The minimum absolute atomic E-state index is 0.0516. The summed E-state index contributed by atoms with van der Waals surface area (Å²) in [5.41, 5.74) is -11.1. The highest BCUT2D eigenvalue weighted by molar-refractivity contribution is 7.98. The highest BCUT2D eigenvalue weighted by atomic mass is 32.2. The third-order valence-electron chi connectivity index (χ3n) is 7.03. The molecule has 0 fully saturated rings. The van der Waals surface area contributed by atoms with Crippen molar-refractivity contribution in [2.75, 3.05) is 26.1 Å². The lowest BCUT2D eigenvalue weighted by Crippen LogP contribution is -2.40. The van der Waals surface area contributed by atoms with Gasteiger partial charge in [-0.1, -0.05) is 73.9 Å².